The summed E-state index contributed by atoms with van der Waals surface area (Å²) in [6.45, 7) is 5.02. The molecule has 25 heavy (non-hydrogen) atoms. The lowest BCUT2D eigenvalue weighted by atomic mass is 10.0. The molecule has 2 atom stereocenters. The van der Waals surface area contributed by atoms with Gasteiger partial charge < -0.3 is 25.6 Å². The van der Waals surface area contributed by atoms with Crippen molar-refractivity contribution in [2.24, 2.45) is 0 Å². The zero-order valence-electron chi connectivity index (χ0n) is 14.6. The van der Waals surface area contributed by atoms with E-state index in [2.05, 4.69) is 10.6 Å². The van der Waals surface area contributed by atoms with Gasteiger partial charge in [0.05, 0.1) is 0 Å². The minimum atomic E-state index is -1.20. The van der Waals surface area contributed by atoms with Crippen LogP contribution < -0.4 is 10.6 Å². The Bertz CT molecular complexity index is 571. The largest absolute Gasteiger partial charge is 0.444 e. The van der Waals surface area contributed by atoms with Crippen molar-refractivity contribution in [1.29, 1.82) is 0 Å². The summed E-state index contributed by atoms with van der Waals surface area (Å²) in [5.41, 5.74) is 0.374. The van der Waals surface area contributed by atoms with Crippen molar-refractivity contribution in [3.05, 3.63) is 29.8 Å². The monoisotopic (exact) mass is 372 g/mol. The van der Waals surface area contributed by atoms with Gasteiger partial charge in [-0.1, -0.05) is 12.1 Å². The maximum atomic E-state index is 11.5. The number of hydrogen-bond donors (Lipinski definition) is 4. The van der Waals surface area contributed by atoms with Gasteiger partial charge in [0.1, 0.15) is 17.8 Å². The summed E-state index contributed by atoms with van der Waals surface area (Å²) < 4.78 is 5.05. The fraction of sp³-hybridized carbons (Fsp3) is 0.529. The smallest absolute Gasteiger partial charge is 0.407 e. The number of carbonyl (C=O) groups is 2. The van der Waals surface area contributed by atoms with E-state index in [-0.39, 0.29) is 24.8 Å². The van der Waals surface area contributed by atoms with Gasteiger partial charge in [0.15, 0.2) is 0 Å². The van der Waals surface area contributed by atoms with Gasteiger partial charge in [-0.15, -0.1) is 11.6 Å². The lowest BCUT2D eigenvalue weighted by Gasteiger charge is -2.22. The summed E-state index contributed by atoms with van der Waals surface area (Å²) in [6, 6.07) is 6.38. The minimum Gasteiger partial charge on any atom is -0.444 e. The van der Waals surface area contributed by atoms with E-state index in [0.29, 0.717) is 11.3 Å². The highest BCUT2D eigenvalue weighted by atomic mass is 35.5. The quantitative estimate of drug-likeness (QED) is 0.548. The van der Waals surface area contributed by atoms with Crippen LogP contribution in [0, 0.1) is 0 Å². The third kappa shape index (κ3) is 8.20. The van der Waals surface area contributed by atoms with Crippen molar-refractivity contribution in [3.8, 4) is 0 Å². The molecule has 140 valence electrons. The van der Waals surface area contributed by atoms with E-state index in [9.17, 15) is 19.8 Å². The van der Waals surface area contributed by atoms with Crippen LogP contribution in [0.2, 0.25) is 0 Å². The molecular weight excluding hydrogens is 348 g/mol. The molecule has 0 saturated carbocycles. The maximum absolute atomic E-state index is 11.5. The predicted molar refractivity (Wildman–Crippen MR) is 95.6 cm³/mol. The van der Waals surface area contributed by atoms with Crippen LogP contribution >= 0.6 is 11.6 Å². The Balaban J connectivity index is 2.54. The molecule has 0 aliphatic rings. The number of nitrogens with one attached hydrogen (secondary N) is 2. The summed E-state index contributed by atoms with van der Waals surface area (Å²) in [5, 5.41) is 25.2. The minimum absolute atomic E-state index is 0.162. The second-order valence-electron chi connectivity index (χ2n) is 6.50. The first-order valence-corrected chi connectivity index (χ1v) is 8.44. The van der Waals surface area contributed by atoms with Gasteiger partial charge in [-0.2, -0.15) is 0 Å². The van der Waals surface area contributed by atoms with Crippen LogP contribution in [0.3, 0.4) is 0 Å². The Morgan fingerprint density at radius 1 is 1.20 bits per heavy atom. The molecule has 2 amide bonds. The summed E-state index contributed by atoms with van der Waals surface area (Å²) >= 11 is 5.49. The number of benzene rings is 1. The van der Waals surface area contributed by atoms with E-state index >= 15 is 0 Å². The van der Waals surface area contributed by atoms with E-state index in [1.807, 2.05) is 0 Å². The third-order valence-corrected chi connectivity index (χ3v) is 3.27. The third-order valence-electron chi connectivity index (χ3n) is 3.08. The Morgan fingerprint density at radius 2 is 1.80 bits per heavy atom. The SMILES string of the molecule is CC(C)(C)OC(=O)NCC(O)C(O)c1ccc(NC(=O)CCCl)cc1. The van der Waals surface area contributed by atoms with E-state index in [0.717, 1.165) is 0 Å². The highest BCUT2D eigenvalue weighted by Gasteiger charge is 2.21. The molecule has 0 aromatic heterocycles. The second kappa shape index (κ2) is 9.60. The lowest BCUT2D eigenvalue weighted by Crippen LogP contribution is -2.38. The number of hydrogen-bond acceptors (Lipinski definition) is 5. The Kier molecular flexibility index (Phi) is 8.15. The van der Waals surface area contributed by atoms with Gasteiger partial charge in [-0.3, -0.25) is 4.79 Å². The van der Waals surface area contributed by atoms with Crippen LogP contribution in [0.25, 0.3) is 0 Å². The molecule has 1 rings (SSSR count). The van der Waals surface area contributed by atoms with E-state index in [4.69, 9.17) is 16.3 Å². The number of halogens is 1. The molecule has 0 saturated heterocycles. The fourth-order valence-corrected chi connectivity index (χ4v) is 2.08. The lowest BCUT2D eigenvalue weighted by molar-refractivity contribution is -0.115. The first-order chi connectivity index (χ1) is 11.6. The highest BCUT2D eigenvalue weighted by Crippen LogP contribution is 2.19. The van der Waals surface area contributed by atoms with E-state index in [1.54, 1.807) is 45.0 Å². The van der Waals surface area contributed by atoms with Gasteiger partial charge in [-0.25, -0.2) is 4.79 Å². The Hall–Kier alpha value is -1.83. The summed E-state index contributed by atoms with van der Waals surface area (Å²) in [7, 11) is 0. The molecule has 1 aromatic carbocycles. The van der Waals surface area contributed by atoms with E-state index in [1.165, 1.54) is 0 Å². The number of aliphatic hydroxyl groups excluding tert-OH is 2. The fourth-order valence-electron chi connectivity index (χ4n) is 1.91. The molecule has 7 nitrogen and oxygen atoms in total. The molecular formula is C17H25ClN2O5. The van der Waals surface area contributed by atoms with Crippen molar-refractivity contribution in [1.82, 2.24) is 5.32 Å². The Labute approximate surface area is 152 Å². The number of anilines is 1. The summed E-state index contributed by atoms with van der Waals surface area (Å²) in [6.07, 6.45) is -2.86. The zero-order valence-corrected chi connectivity index (χ0v) is 15.3. The first-order valence-electron chi connectivity index (χ1n) is 7.91. The molecule has 0 bridgehead atoms. The van der Waals surface area contributed by atoms with Crippen molar-refractivity contribution >= 4 is 29.3 Å². The van der Waals surface area contributed by atoms with Gasteiger partial charge in [0.25, 0.3) is 0 Å². The van der Waals surface area contributed by atoms with Crippen LogP contribution in [0.1, 0.15) is 38.9 Å². The molecule has 0 spiro atoms. The van der Waals surface area contributed by atoms with Gasteiger partial charge in [-0.05, 0) is 38.5 Å². The molecule has 0 fully saturated rings. The first kappa shape index (κ1) is 21.2. The van der Waals surface area contributed by atoms with Crippen LogP contribution in [0.4, 0.5) is 10.5 Å². The summed E-state index contributed by atoms with van der Waals surface area (Å²) in [5.74, 6) is 0.0318. The topological polar surface area (TPSA) is 108 Å². The number of ether oxygens (including phenoxy) is 1. The van der Waals surface area contributed by atoms with Gasteiger partial charge in [0.2, 0.25) is 5.91 Å². The average molecular weight is 373 g/mol. The van der Waals surface area contributed by atoms with Crippen LogP contribution in [0.5, 0.6) is 0 Å². The standard InChI is InChI=1S/C17H25ClN2O5/c1-17(2,3)25-16(24)19-10-13(21)15(23)11-4-6-12(7-5-11)20-14(22)8-9-18/h4-7,13,15,21,23H,8-10H2,1-3H3,(H,19,24)(H,20,22). The number of alkyl halides is 1. The predicted octanol–water partition coefficient (Wildman–Crippen LogP) is 2.17. The molecule has 4 N–H and O–H groups in total. The molecule has 0 heterocycles. The van der Waals surface area contributed by atoms with Crippen molar-refractivity contribution in [3.63, 3.8) is 0 Å². The average Bonchev–Trinajstić information content (AvgIpc) is 2.51. The molecule has 0 radical (unpaired) electrons. The molecule has 2 unspecified atom stereocenters. The number of carbonyl (C=O) groups excluding carboxylic acids is 2. The second-order valence-corrected chi connectivity index (χ2v) is 6.88. The van der Waals surface area contributed by atoms with Crippen LogP contribution in [-0.2, 0) is 9.53 Å². The van der Waals surface area contributed by atoms with Crippen LogP contribution in [0.15, 0.2) is 24.3 Å². The van der Waals surface area contributed by atoms with Crippen molar-refractivity contribution in [2.45, 2.75) is 45.0 Å². The van der Waals surface area contributed by atoms with E-state index < -0.39 is 23.9 Å². The number of amides is 2. The molecule has 0 aliphatic heterocycles. The molecule has 1 aromatic rings. The number of rotatable bonds is 7. The highest BCUT2D eigenvalue weighted by molar-refractivity contribution is 6.19. The maximum Gasteiger partial charge on any atom is 0.407 e. The molecule has 8 heteroatoms. The zero-order chi connectivity index (χ0) is 19.0. The van der Waals surface area contributed by atoms with Gasteiger partial charge >= 0.3 is 6.09 Å². The van der Waals surface area contributed by atoms with Crippen molar-refractivity contribution in [2.75, 3.05) is 17.7 Å². The van der Waals surface area contributed by atoms with Gasteiger partial charge in [0, 0.05) is 24.5 Å². The number of alkyl carbamates (subject to hydrolysis) is 1. The summed E-state index contributed by atoms with van der Waals surface area (Å²) in [4.78, 5) is 23.0. The number of aliphatic hydroxyl groups is 2. The van der Waals surface area contributed by atoms with Crippen LogP contribution in [-0.4, -0.2) is 46.3 Å². The molecule has 0 aliphatic carbocycles. The normalized spacial score (nSPS) is 13.7. The van der Waals surface area contributed by atoms with Crippen molar-refractivity contribution < 1.29 is 24.5 Å². The Morgan fingerprint density at radius 3 is 2.32 bits per heavy atom.